The third-order valence-corrected chi connectivity index (χ3v) is 4.15. The molecule has 0 radical (unpaired) electrons. The number of thiophene rings is 1. The van der Waals surface area contributed by atoms with Crippen LogP contribution in [0.1, 0.15) is 24.1 Å². The molecule has 0 aliphatic carbocycles. The second-order valence-corrected chi connectivity index (χ2v) is 5.73. The van der Waals surface area contributed by atoms with Gasteiger partial charge in [0.15, 0.2) is 0 Å². The van der Waals surface area contributed by atoms with Gasteiger partial charge in [-0.3, -0.25) is 4.79 Å². The largest absolute Gasteiger partial charge is 0.388 e. The van der Waals surface area contributed by atoms with Crippen LogP contribution in [0.15, 0.2) is 17.5 Å². The Morgan fingerprint density at radius 3 is 2.94 bits per heavy atom. The lowest BCUT2D eigenvalue weighted by atomic mass is 9.94. The van der Waals surface area contributed by atoms with Crippen LogP contribution in [0.3, 0.4) is 0 Å². The Morgan fingerprint density at radius 2 is 2.28 bits per heavy atom. The summed E-state index contributed by atoms with van der Waals surface area (Å²) < 4.78 is 5.20. The van der Waals surface area contributed by atoms with Crippen LogP contribution < -0.4 is 5.32 Å². The average Bonchev–Trinajstić information content (AvgIpc) is 2.88. The van der Waals surface area contributed by atoms with Crippen LogP contribution in [0.2, 0.25) is 0 Å². The van der Waals surface area contributed by atoms with E-state index >= 15 is 0 Å². The summed E-state index contributed by atoms with van der Waals surface area (Å²) in [6.45, 7) is 1.47. The number of nitrogens with one attached hydrogen (secondary N) is 1. The lowest BCUT2D eigenvalue weighted by Crippen LogP contribution is -2.46. The lowest BCUT2D eigenvalue weighted by molar-refractivity contribution is -0.123. The topological polar surface area (TPSA) is 58.6 Å². The second kappa shape index (κ2) is 6.31. The highest BCUT2D eigenvalue weighted by Crippen LogP contribution is 2.19. The van der Waals surface area contributed by atoms with Gasteiger partial charge >= 0.3 is 0 Å². The van der Waals surface area contributed by atoms with E-state index < -0.39 is 5.60 Å². The van der Waals surface area contributed by atoms with Crippen molar-refractivity contribution in [3.05, 3.63) is 22.4 Å². The molecule has 18 heavy (non-hydrogen) atoms. The minimum atomic E-state index is -0.781. The summed E-state index contributed by atoms with van der Waals surface area (Å²) in [5.41, 5.74) is -0.781. The predicted molar refractivity (Wildman–Crippen MR) is 70.7 cm³/mol. The predicted octanol–water partition coefficient (Wildman–Crippen LogP) is 1.34. The fraction of sp³-hybridized carbons (Fsp3) is 0.615. The van der Waals surface area contributed by atoms with Crippen molar-refractivity contribution >= 4 is 17.2 Å². The Labute approximate surface area is 111 Å². The van der Waals surface area contributed by atoms with Gasteiger partial charge in [-0.05, 0) is 17.9 Å². The molecule has 1 amide bonds. The average molecular weight is 269 g/mol. The van der Waals surface area contributed by atoms with Crippen LogP contribution in [0, 0.1) is 0 Å². The van der Waals surface area contributed by atoms with Crippen molar-refractivity contribution in [3.63, 3.8) is 0 Å². The first-order valence-corrected chi connectivity index (χ1v) is 7.15. The van der Waals surface area contributed by atoms with Crippen LogP contribution >= 0.6 is 11.3 Å². The monoisotopic (exact) mass is 269 g/mol. The minimum absolute atomic E-state index is 0.00307. The summed E-state index contributed by atoms with van der Waals surface area (Å²) in [7, 11) is 0. The highest BCUT2D eigenvalue weighted by Gasteiger charge is 2.29. The Morgan fingerprint density at radius 1 is 1.50 bits per heavy atom. The molecule has 1 saturated heterocycles. The summed E-state index contributed by atoms with van der Waals surface area (Å²) >= 11 is 1.66. The van der Waals surface area contributed by atoms with Crippen molar-refractivity contribution in [2.75, 3.05) is 19.8 Å². The van der Waals surface area contributed by atoms with Gasteiger partial charge in [0, 0.05) is 43.9 Å². The number of hydrogen-bond acceptors (Lipinski definition) is 4. The highest BCUT2D eigenvalue weighted by molar-refractivity contribution is 7.09. The smallest absolute Gasteiger partial charge is 0.220 e. The zero-order valence-corrected chi connectivity index (χ0v) is 11.2. The molecular formula is C13H19NO3S. The molecular weight excluding hydrogens is 250 g/mol. The van der Waals surface area contributed by atoms with Gasteiger partial charge < -0.3 is 15.2 Å². The molecule has 5 heteroatoms. The number of rotatable bonds is 5. The molecule has 2 rings (SSSR count). The van der Waals surface area contributed by atoms with E-state index in [1.165, 1.54) is 4.88 Å². The van der Waals surface area contributed by atoms with Gasteiger partial charge in [0.25, 0.3) is 0 Å². The van der Waals surface area contributed by atoms with Crippen molar-refractivity contribution in [1.29, 1.82) is 0 Å². The molecule has 2 heterocycles. The third-order valence-electron chi connectivity index (χ3n) is 3.22. The van der Waals surface area contributed by atoms with E-state index in [1.54, 1.807) is 11.3 Å². The van der Waals surface area contributed by atoms with E-state index in [4.69, 9.17) is 4.74 Å². The van der Waals surface area contributed by atoms with Crippen molar-refractivity contribution in [3.8, 4) is 0 Å². The zero-order chi connectivity index (χ0) is 12.8. The Kier molecular flexibility index (Phi) is 4.74. The minimum Gasteiger partial charge on any atom is -0.388 e. The summed E-state index contributed by atoms with van der Waals surface area (Å²) in [5.74, 6) is 0.00307. The Hall–Kier alpha value is -0.910. The van der Waals surface area contributed by atoms with E-state index in [0.29, 0.717) is 39.0 Å². The van der Waals surface area contributed by atoms with E-state index in [-0.39, 0.29) is 5.91 Å². The van der Waals surface area contributed by atoms with Crippen molar-refractivity contribution in [2.45, 2.75) is 31.3 Å². The highest BCUT2D eigenvalue weighted by atomic mass is 32.1. The molecule has 1 aromatic heterocycles. The molecule has 100 valence electrons. The second-order valence-electron chi connectivity index (χ2n) is 4.69. The van der Waals surface area contributed by atoms with Gasteiger partial charge in [-0.2, -0.15) is 0 Å². The molecule has 1 fully saturated rings. The molecule has 0 aromatic carbocycles. The molecule has 0 saturated carbocycles. The first-order chi connectivity index (χ1) is 8.68. The van der Waals surface area contributed by atoms with Crippen molar-refractivity contribution in [2.24, 2.45) is 0 Å². The van der Waals surface area contributed by atoms with Gasteiger partial charge in [0.1, 0.15) is 0 Å². The fourth-order valence-corrected chi connectivity index (χ4v) is 2.68. The molecule has 0 spiro atoms. The van der Waals surface area contributed by atoms with E-state index in [2.05, 4.69) is 5.32 Å². The summed E-state index contributed by atoms with van der Waals surface area (Å²) in [4.78, 5) is 12.9. The number of aryl methyl sites for hydroxylation is 1. The fourth-order valence-electron chi connectivity index (χ4n) is 1.97. The van der Waals surface area contributed by atoms with Crippen molar-refractivity contribution in [1.82, 2.24) is 5.32 Å². The number of carbonyl (C=O) groups is 1. The summed E-state index contributed by atoms with van der Waals surface area (Å²) in [5, 5.41) is 15.0. The molecule has 2 N–H and O–H groups in total. The molecule has 1 aliphatic heterocycles. The standard InChI is InChI=1S/C13H19NO3S/c15-12(4-3-11-2-1-9-18-11)14-10-13(16)5-7-17-8-6-13/h1-2,9,16H,3-8,10H2,(H,14,15). The Bertz CT molecular complexity index is 372. The first-order valence-electron chi connectivity index (χ1n) is 6.27. The molecule has 1 aromatic rings. The van der Waals surface area contributed by atoms with Gasteiger partial charge in [0.2, 0.25) is 5.91 Å². The Balaban J connectivity index is 1.68. The van der Waals surface area contributed by atoms with Gasteiger partial charge in [-0.15, -0.1) is 11.3 Å². The van der Waals surface area contributed by atoms with Crippen LogP contribution in [0.25, 0.3) is 0 Å². The van der Waals surface area contributed by atoms with E-state index in [0.717, 1.165) is 6.42 Å². The normalized spacial score (nSPS) is 18.5. The maximum atomic E-state index is 11.7. The first kappa shape index (κ1) is 13.5. The van der Waals surface area contributed by atoms with E-state index in [9.17, 15) is 9.90 Å². The SMILES string of the molecule is O=C(CCc1cccs1)NCC1(O)CCOCC1. The van der Waals surface area contributed by atoms with Crippen LogP contribution in [-0.2, 0) is 16.0 Å². The van der Waals surface area contributed by atoms with Crippen LogP contribution in [-0.4, -0.2) is 36.4 Å². The van der Waals surface area contributed by atoms with E-state index in [1.807, 2.05) is 17.5 Å². The number of carbonyl (C=O) groups excluding carboxylic acids is 1. The summed E-state index contributed by atoms with van der Waals surface area (Å²) in [6.07, 6.45) is 2.44. The third kappa shape index (κ3) is 4.08. The number of aliphatic hydroxyl groups is 1. The lowest BCUT2D eigenvalue weighted by Gasteiger charge is -2.32. The van der Waals surface area contributed by atoms with Crippen LogP contribution in [0.5, 0.6) is 0 Å². The molecule has 4 nitrogen and oxygen atoms in total. The van der Waals surface area contributed by atoms with Gasteiger partial charge in [-0.1, -0.05) is 6.07 Å². The van der Waals surface area contributed by atoms with Crippen LogP contribution in [0.4, 0.5) is 0 Å². The molecule has 0 atom stereocenters. The molecule has 0 bridgehead atoms. The zero-order valence-electron chi connectivity index (χ0n) is 10.4. The maximum Gasteiger partial charge on any atom is 0.220 e. The summed E-state index contributed by atoms with van der Waals surface area (Å²) in [6, 6.07) is 4.02. The van der Waals surface area contributed by atoms with Crippen molar-refractivity contribution < 1.29 is 14.6 Å². The molecule has 0 unspecified atom stereocenters. The number of hydrogen-bond donors (Lipinski definition) is 2. The van der Waals surface area contributed by atoms with Gasteiger partial charge in [-0.25, -0.2) is 0 Å². The number of ether oxygens (including phenoxy) is 1. The maximum absolute atomic E-state index is 11.7. The number of amides is 1. The quantitative estimate of drug-likeness (QED) is 0.848. The molecule has 1 aliphatic rings. The van der Waals surface area contributed by atoms with Gasteiger partial charge in [0.05, 0.1) is 5.60 Å².